The lowest BCUT2D eigenvalue weighted by molar-refractivity contribution is -0.119. The number of nitrogen functional groups attached to an aromatic ring is 1. The van der Waals surface area contributed by atoms with Gasteiger partial charge in [-0.2, -0.15) is 4.98 Å². The standard InChI is InChI=1S/C16H14N4O4/c1-7-3-4-12-9(5-7)13(22)10-6-11(14(17)18-16(10)24-12)15(23)20-19-8(2)21/h3-6H,1-2H3,(H2,17,18)(H,19,21)(H,20,23). The Morgan fingerprint density at radius 1 is 1.17 bits per heavy atom. The molecule has 0 unspecified atom stereocenters. The molecule has 0 spiro atoms. The van der Waals surface area contributed by atoms with E-state index in [4.69, 9.17) is 10.2 Å². The molecule has 8 heteroatoms. The van der Waals surface area contributed by atoms with Crippen LogP contribution in [-0.2, 0) is 4.79 Å². The summed E-state index contributed by atoms with van der Waals surface area (Å²) < 4.78 is 5.60. The second-order valence-corrected chi connectivity index (χ2v) is 5.34. The van der Waals surface area contributed by atoms with Crippen molar-refractivity contribution < 1.29 is 14.0 Å². The number of hydrogen-bond donors (Lipinski definition) is 3. The van der Waals surface area contributed by atoms with Crippen molar-refractivity contribution in [3.8, 4) is 0 Å². The van der Waals surface area contributed by atoms with Gasteiger partial charge in [-0.15, -0.1) is 0 Å². The van der Waals surface area contributed by atoms with Crippen LogP contribution in [0.5, 0.6) is 0 Å². The number of pyridine rings is 1. The molecule has 0 aliphatic carbocycles. The maximum absolute atomic E-state index is 12.7. The van der Waals surface area contributed by atoms with E-state index in [1.54, 1.807) is 12.1 Å². The summed E-state index contributed by atoms with van der Waals surface area (Å²) in [5.74, 6) is -1.24. The molecule has 24 heavy (non-hydrogen) atoms. The van der Waals surface area contributed by atoms with Crippen molar-refractivity contribution in [1.29, 1.82) is 0 Å². The number of benzene rings is 1. The van der Waals surface area contributed by atoms with Crippen LogP contribution >= 0.6 is 0 Å². The molecule has 2 aromatic heterocycles. The maximum Gasteiger partial charge on any atom is 0.273 e. The summed E-state index contributed by atoms with van der Waals surface area (Å²) in [6, 6.07) is 6.51. The number of nitrogens with one attached hydrogen (secondary N) is 2. The first-order chi connectivity index (χ1) is 11.4. The monoisotopic (exact) mass is 326 g/mol. The molecule has 1 aromatic carbocycles. The van der Waals surface area contributed by atoms with E-state index in [2.05, 4.69) is 15.8 Å². The summed E-state index contributed by atoms with van der Waals surface area (Å²) in [4.78, 5) is 39.6. The van der Waals surface area contributed by atoms with Crippen molar-refractivity contribution in [2.45, 2.75) is 13.8 Å². The normalized spacial score (nSPS) is 10.8. The number of aryl methyl sites for hydroxylation is 1. The van der Waals surface area contributed by atoms with Crippen LogP contribution in [-0.4, -0.2) is 16.8 Å². The van der Waals surface area contributed by atoms with Gasteiger partial charge in [0.05, 0.1) is 16.3 Å². The molecule has 4 N–H and O–H groups in total. The predicted octanol–water partition coefficient (Wildman–Crippen LogP) is 1.01. The van der Waals surface area contributed by atoms with Crippen LogP contribution in [0.2, 0.25) is 0 Å². The number of nitrogens with two attached hydrogens (primary N) is 1. The Hall–Kier alpha value is -3.42. The van der Waals surface area contributed by atoms with Gasteiger partial charge in [-0.1, -0.05) is 11.6 Å². The fourth-order valence-electron chi connectivity index (χ4n) is 2.30. The summed E-state index contributed by atoms with van der Waals surface area (Å²) in [6.07, 6.45) is 0. The zero-order valence-electron chi connectivity index (χ0n) is 13.0. The summed E-state index contributed by atoms with van der Waals surface area (Å²) in [7, 11) is 0. The number of fused-ring (bicyclic) bond motifs is 2. The summed E-state index contributed by atoms with van der Waals surface area (Å²) >= 11 is 0. The molecule has 0 aliphatic rings. The van der Waals surface area contributed by atoms with Gasteiger partial charge in [0.1, 0.15) is 11.4 Å². The smallest absolute Gasteiger partial charge is 0.273 e. The van der Waals surface area contributed by atoms with Crippen molar-refractivity contribution in [2.75, 3.05) is 5.73 Å². The topological polar surface area (TPSA) is 127 Å². The first kappa shape index (κ1) is 15.5. The molecule has 0 aliphatic heterocycles. The number of hydrogen-bond acceptors (Lipinski definition) is 6. The molecule has 2 heterocycles. The fraction of sp³-hybridized carbons (Fsp3) is 0.125. The summed E-state index contributed by atoms with van der Waals surface area (Å²) in [5, 5.41) is 0.526. The first-order valence-electron chi connectivity index (χ1n) is 7.07. The van der Waals surface area contributed by atoms with Gasteiger partial charge in [-0.05, 0) is 25.1 Å². The second kappa shape index (κ2) is 5.65. The molecule has 0 fully saturated rings. The Morgan fingerprint density at radius 3 is 2.62 bits per heavy atom. The Labute approximate surface area is 135 Å². The molecule has 0 bridgehead atoms. The Balaban J connectivity index is 2.20. The Kier molecular flexibility index (Phi) is 3.64. The minimum atomic E-state index is -0.680. The lowest BCUT2D eigenvalue weighted by Gasteiger charge is -2.08. The van der Waals surface area contributed by atoms with Crippen molar-refractivity contribution in [1.82, 2.24) is 15.8 Å². The zero-order chi connectivity index (χ0) is 17.4. The minimum absolute atomic E-state index is 0.0319. The highest BCUT2D eigenvalue weighted by Gasteiger charge is 2.17. The molecule has 0 radical (unpaired) electrons. The SMILES string of the molecule is CC(=O)NNC(=O)c1cc2c(=O)c3cc(C)ccc3oc2nc1N. The number of hydrazine groups is 1. The van der Waals surface area contributed by atoms with Gasteiger partial charge in [0, 0.05) is 6.92 Å². The number of carbonyl (C=O) groups is 2. The van der Waals surface area contributed by atoms with E-state index in [9.17, 15) is 14.4 Å². The maximum atomic E-state index is 12.7. The van der Waals surface area contributed by atoms with E-state index in [1.165, 1.54) is 13.0 Å². The fourth-order valence-corrected chi connectivity index (χ4v) is 2.30. The predicted molar refractivity (Wildman–Crippen MR) is 88.2 cm³/mol. The van der Waals surface area contributed by atoms with Gasteiger partial charge < -0.3 is 10.2 Å². The Morgan fingerprint density at radius 2 is 1.92 bits per heavy atom. The highest BCUT2D eigenvalue weighted by atomic mass is 16.3. The van der Waals surface area contributed by atoms with E-state index in [-0.39, 0.29) is 27.9 Å². The third-order valence-electron chi connectivity index (χ3n) is 3.44. The van der Waals surface area contributed by atoms with Crippen LogP contribution in [0, 0.1) is 6.92 Å². The molecule has 0 atom stereocenters. The number of amides is 2. The molecule has 8 nitrogen and oxygen atoms in total. The highest BCUT2D eigenvalue weighted by molar-refractivity contribution is 6.02. The second-order valence-electron chi connectivity index (χ2n) is 5.34. The zero-order valence-corrected chi connectivity index (χ0v) is 13.0. The highest BCUT2D eigenvalue weighted by Crippen LogP contribution is 2.21. The van der Waals surface area contributed by atoms with E-state index in [0.717, 1.165) is 5.56 Å². The van der Waals surface area contributed by atoms with E-state index >= 15 is 0 Å². The van der Waals surface area contributed by atoms with Crippen LogP contribution in [0.1, 0.15) is 22.8 Å². The van der Waals surface area contributed by atoms with Crippen LogP contribution in [0.25, 0.3) is 22.1 Å². The van der Waals surface area contributed by atoms with Gasteiger partial charge in [0.2, 0.25) is 17.0 Å². The minimum Gasteiger partial charge on any atom is -0.437 e. The third kappa shape index (κ3) is 2.65. The lowest BCUT2D eigenvalue weighted by atomic mass is 10.1. The largest absolute Gasteiger partial charge is 0.437 e. The molecular weight excluding hydrogens is 312 g/mol. The number of nitrogens with zero attached hydrogens (tertiary/aromatic N) is 1. The van der Waals surface area contributed by atoms with Gasteiger partial charge in [0.25, 0.3) is 5.91 Å². The van der Waals surface area contributed by atoms with Crippen molar-refractivity contribution >= 4 is 39.7 Å². The van der Waals surface area contributed by atoms with E-state index < -0.39 is 11.8 Å². The average Bonchev–Trinajstić information content (AvgIpc) is 2.53. The van der Waals surface area contributed by atoms with Crippen molar-refractivity contribution in [3.05, 3.63) is 45.6 Å². The molecular formula is C16H14N4O4. The average molecular weight is 326 g/mol. The summed E-state index contributed by atoms with van der Waals surface area (Å²) in [5.41, 5.74) is 11.1. The van der Waals surface area contributed by atoms with Crippen LogP contribution < -0.4 is 22.0 Å². The summed E-state index contributed by atoms with van der Waals surface area (Å²) in [6.45, 7) is 3.10. The van der Waals surface area contributed by atoms with Gasteiger partial charge >= 0.3 is 0 Å². The number of anilines is 1. The van der Waals surface area contributed by atoms with Crippen LogP contribution in [0.15, 0.2) is 33.5 Å². The molecule has 122 valence electrons. The first-order valence-corrected chi connectivity index (χ1v) is 7.07. The van der Waals surface area contributed by atoms with E-state index in [1.807, 2.05) is 13.0 Å². The molecule has 3 aromatic rings. The van der Waals surface area contributed by atoms with Gasteiger partial charge in [-0.3, -0.25) is 25.2 Å². The molecule has 2 amide bonds. The lowest BCUT2D eigenvalue weighted by Crippen LogP contribution is -2.40. The van der Waals surface area contributed by atoms with Crippen molar-refractivity contribution in [2.24, 2.45) is 0 Å². The quantitative estimate of drug-likeness (QED) is 0.452. The molecule has 0 saturated carbocycles. The number of carbonyl (C=O) groups excluding carboxylic acids is 2. The van der Waals surface area contributed by atoms with Gasteiger partial charge in [-0.25, -0.2) is 0 Å². The van der Waals surface area contributed by atoms with Gasteiger partial charge in [0.15, 0.2) is 0 Å². The Bertz CT molecular complexity index is 1060. The van der Waals surface area contributed by atoms with Crippen LogP contribution in [0.4, 0.5) is 5.82 Å². The molecule has 3 rings (SSSR count). The molecule has 0 saturated heterocycles. The van der Waals surface area contributed by atoms with E-state index in [0.29, 0.717) is 11.0 Å². The number of rotatable bonds is 1. The van der Waals surface area contributed by atoms with Crippen LogP contribution in [0.3, 0.4) is 0 Å². The van der Waals surface area contributed by atoms with Crippen molar-refractivity contribution in [3.63, 3.8) is 0 Å². The number of aromatic nitrogens is 1. The third-order valence-corrected chi connectivity index (χ3v) is 3.44.